The lowest BCUT2D eigenvalue weighted by molar-refractivity contribution is -0.122. The van der Waals surface area contributed by atoms with Crippen LogP contribution in [0.3, 0.4) is 0 Å². The molecule has 1 rings (SSSR count). The van der Waals surface area contributed by atoms with Gasteiger partial charge >= 0.3 is 0 Å². The van der Waals surface area contributed by atoms with Crippen LogP contribution in [0.1, 0.15) is 25.5 Å². The number of carbonyl (C=O) groups excluding carboxylic acids is 1. The van der Waals surface area contributed by atoms with Gasteiger partial charge in [0.25, 0.3) is 5.91 Å². The molecule has 110 valence electrons. The van der Waals surface area contributed by atoms with Crippen LogP contribution in [0.15, 0.2) is 30.9 Å². The van der Waals surface area contributed by atoms with E-state index in [0.29, 0.717) is 17.9 Å². The van der Waals surface area contributed by atoms with E-state index < -0.39 is 0 Å². The summed E-state index contributed by atoms with van der Waals surface area (Å²) in [5.74, 6) is -0.0573. The van der Waals surface area contributed by atoms with Crippen molar-refractivity contribution in [2.24, 2.45) is 0 Å². The van der Waals surface area contributed by atoms with Crippen molar-refractivity contribution in [1.82, 2.24) is 10.6 Å². The van der Waals surface area contributed by atoms with Crippen molar-refractivity contribution in [3.05, 3.63) is 42.2 Å². The molecule has 0 fully saturated rings. The average molecular weight is 280 g/mol. The summed E-state index contributed by atoms with van der Waals surface area (Å²) in [5, 5.41) is 5.81. The molecule has 1 atom stereocenters. The molecule has 0 saturated carbocycles. The molecule has 0 bridgehead atoms. The SMILES string of the molecule is C=CCNC(=O)COc1ccc(F)cc1C(C)NCC. The van der Waals surface area contributed by atoms with E-state index >= 15 is 0 Å². The normalized spacial score (nSPS) is 11.8. The van der Waals surface area contributed by atoms with Gasteiger partial charge in [0.15, 0.2) is 6.61 Å². The smallest absolute Gasteiger partial charge is 0.258 e. The number of carbonyl (C=O) groups is 1. The number of hydrogen-bond acceptors (Lipinski definition) is 3. The van der Waals surface area contributed by atoms with E-state index in [2.05, 4.69) is 17.2 Å². The Morgan fingerprint density at radius 2 is 2.30 bits per heavy atom. The van der Waals surface area contributed by atoms with E-state index in [4.69, 9.17) is 4.74 Å². The fourth-order valence-electron chi connectivity index (χ4n) is 1.79. The van der Waals surface area contributed by atoms with E-state index in [-0.39, 0.29) is 24.4 Å². The second-order valence-electron chi connectivity index (χ2n) is 4.34. The lowest BCUT2D eigenvalue weighted by Crippen LogP contribution is -2.29. The van der Waals surface area contributed by atoms with Crippen LogP contribution in [0.4, 0.5) is 4.39 Å². The number of halogens is 1. The molecule has 2 N–H and O–H groups in total. The third kappa shape index (κ3) is 5.01. The molecule has 0 spiro atoms. The van der Waals surface area contributed by atoms with Crippen LogP contribution in [0.25, 0.3) is 0 Å². The molecule has 4 nitrogen and oxygen atoms in total. The van der Waals surface area contributed by atoms with Crippen LogP contribution in [0.5, 0.6) is 5.75 Å². The molecule has 0 aliphatic carbocycles. The fourth-order valence-corrected chi connectivity index (χ4v) is 1.79. The molecule has 0 saturated heterocycles. The predicted octanol–water partition coefficient (Wildman–Crippen LogP) is 2.18. The first kappa shape index (κ1) is 16.2. The molecule has 1 unspecified atom stereocenters. The third-order valence-electron chi connectivity index (χ3n) is 2.75. The Hall–Kier alpha value is -1.88. The Kier molecular flexibility index (Phi) is 6.73. The molecule has 1 amide bonds. The van der Waals surface area contributed by atoms with Crippen molar-refractivity contribution in [2.45, 2.75) is 19.9 Å². The minimum Gasteiger partial charge on any atom is -0.483 e. The second kappa shape index (κ2) is 8.32. The van der Waals surface area contributed by atoms with E-state index in [1.165, 1.54) is 12.1 Å². The van der Waals surface area contributed by atoms with Crippen molar-refractivity contribution in [2.75, 3.05) is 19.7 Å². The highest BCUT2D eigenvalue weighted by Gasteiger charge is 2.13. The van der Waals surface area contributed by atoms with Crippen LogP contribution in [0, 0.1) is 5.82 Å². The minimum atomic E-state index is -0.326. The molecule has 20 heavy (non-hydrogen) atoms. The van der Waals surface area contributed by atoms with Crippen molar-refractivity contribution in [3.8, 4) is 5.75 Å². The van der Waals surface area contributed by atoms with Crippen molar-refractivity contribution < 1.29 is 13.9 Å². The molecular weight excluding hydrogens is 259 g/mol. The minimum absolute atomic E-state index is 0.0538. The first-order chi connectivity index (χ1) is 9.58. The van der Waals surface area contributed by atoms with E-state index in [0.717, 1.165) is 6.54 Å². The molecular formula is C15H21FN2O2. The number of hydrogen-bond donors (Lipinski definition) is 2. The molecule has 0 radical (unpaired) electrons. The largest absolute Gasteiger partial charge is 0.483 e. The standard InChI is InChI=1S/C15H21FN2O2/c1-4-8-18-15(19)10-20-14-7-6-12(16)9-13(14)11(3)17-5-2/h4,6-7,9,11,17H,1,5,8,10H2,2-3H3,(H,18,19). The van der Waals surface area contributed by atoms with Crippen LogP contribution < -0.4 is 15.4 Å². The van der Waals surface area contributed by atoms with Gasteiger partial charge in [-0.05, 0) is 31.7 Å². The number of benzene rings is 1. The Labute approximate surface area is 119 Å². The summed E-state index contributed by atoms with van der Waals surface area (Å²) in [4.78, 5) is 11.5. The summed E-state index contributed by atoms with van der Waals surface area (Å²) in [6, 6.07) is 4.23. The number of ether oxygens (including phenoxy) is 1. The quantitative estimate of drug-likeness (QED) is 0.718. The molecule has 5 heteroatoms. The second-order valence-corrected chi connectivity index (χ2v) is 4.34. The van der Waals surface area contributed by atoms with Gasteiger partial charge in [0.05, 0.1) is 0 Å². The highest BCUT2D eigenvalue weighted by molar-refractivity contribution is 5.77. The van der Waals surface area contributed by atoms with Crippen molar-refractivity contribution in [1.29, 1.82) is 0 Å². The first-order valence-electron chi connectivity index (χ1n) is 6.61. The van der Waals surface area contributed by atoms with Crippen LogP contribution in [0.2, 0.25) is 0 Å². The summed E-state index contributed by atoms with van der Waals surface area (Å²) < 4.78 is 18.8. The Morgan fingerprint density at radius 1 is 1.55 bits per heavy atom. The van der Waals surface area contributed by atoms with E-state index in [1.807, 2.05) is 13.8 Å². The van der Waals surface area contributed by atoms with Gasteiger partial charge in [0, 0.05) is 18.2 Å². The summed E-state index contributed by atoms with van der Waals surface area (Å²) in [7, 11) is 0. The van der Waals surface area contributed by atoms with E-state index in [9.17, 15) is 9.18 Å². The van der Waals surface area contributed by atoms with Gasteiger partial charge in [0.2, 0.25) is 0 Å². The summed E-state index contributed by atoms with van der Waals surface area (Å²) in [6.45, 7) is 8.45. The maximum absolute atomic E-state index is 13.3. The Balaban J connectivity index is 2.73. The van der Waals surface area contributed by atoms with Gasteiger partial charge in [-0.15, -0.1) is 6.58 Å². The average Bonchev–Trinajstić information content (AvgIpc) is 2.43. The Morgan fingerprint density at radius 3 is 2.95 bits per heavy atom. The molecule has 0 aliphatic heterocycles. The van der Waals surface area contributed by atoms with Gasteiger partial charge in [-0.25, -0.2) is 4.39 Å². The maximum Gasteiger partial charge on any atom is 0.258 e. The van der Waals surface area contributed by atoms with Crippen LogP contribution in [-0.2, 0) is 4.79 Å². The highest BCUT2D eigenvalue weighted by Crippen LogP contribution is 2.26. The van der Waals surface area contributed by atoms with Crippen molar-refractivity contribution >= 4 is 5.91 Å². The summed E-state index contributed by atoms with van der Waals surface area (Å²) in [5.41, 5.74) is 0.698. The topological polar surface area (TPSA) is 50.4 Å². The van der Waals surface area contributed by atoms with Gasteiger partial charge in [-0.1, -0.05) is 13.0 Å². The number of nitrogens with one attached hydrogen (secondary N) is 2. The molecule has 0 aliphatic rings. The van der Waals surface area contributed by atoms with Gasteiger partial charge < -0.3 is 15.4 Å². The van der Waals surface area contributed by atoms with Crippen LogP contribution >= 0.6 is 0 Å². The predicted molar refractivity (Wildman–Crippen MR) is 77.2 cm³/mol. The molecule has 0 aromatic heterocycles. The zero-order valence-electron chi connectivity index (χ0n) is 11.9. The van der Waals surface area contributed by atoms with Crippen molar-refractivity contribution in [3.63, 3.8) is 0 Å². The van der Waals surface area contributed by atoms with Gasteiger partial charge in [-0.2, -0.15) is 0 Å². The Bertz CT molecular complexity index is 463. The first-order valence-corrected chi connectivity index (χ1v) is 6.61. The van der Waals surface area contributed by atoms with Gasteiger partial charge in [-0.3, -0.25) is 4.79 Å². The monoisotopic (exact) mass is 280 g/mol. The maximum atomic E-state index is 13.3. The number of rotatable bonds is 8. The number of amides is 1. The zero-order valence-corrected chi connectivity index (χ0v) is 11.9. The zero-order chi connectivity index (χ0) is 15.0. The lowest BCUT2D eigenvalue weighted by Gasteiger charge is -2.17. The third-order valence-corrected chi connectivity index (χ3v) is 2.75. The molecule has 1 aromatic carbocycles. The van der Waals surface area contributed by atoms with Crippen LogP contribution in [-0.4, -0.2) is 25.6 Å². The summed E-state index contributed by atoms with van der Waals surface area (Å²) >= 11 is 0. The molecule has 1 aromatic rings. The summed E-state index contributed by atoms with van der Waals surface area (Å²) in [6.07, 6.45) is 1.59. The molecule has 0 heterocycles. The van der Waals surface area contributed by atoms with Gasteiger partial charge in [0.1, 0.15) is 11.6 Å². The van der Waals surface area contributed by atoms with E-state index in [1.54, 1.807) is 12.1 Å². The highest BCUT2D eigenvalue weighted by atomic mass is 19.1. The lowest BCUT2D eigenvalue weighted by atomic mass is 10.1. The fraction of sp³-hybridized carbons (Fsp3) is 0.400.